The monoisotopic (exact) mass is 711 g/mol. The Labute approximate surface area is 265 Å². The molecule has 0 fully saturated rings. The summed E-state index contributed by atoms with van der Waals surface area (Å²) in [6.45, 7) is 0. The summed E-state index contributed by atoms with van der Waals surface area (Å²) in [6.07, 6.45) is 3.24. The molecule has 0 bridgehead atoms. The van der Waals surface area contributed by atoms with Crippen molar-refractivity contribution in [3.05, 3.63) is 141 Å². The minimum absolute atomic E-state index is 0. The standard InChI is InChI=1S/2C17H12BrNO.Cu/c2*18-14-8-9-17(20)13(10-14)11-19-16-7-3-5-12-4-1-2-6-15(12)16;/h2*1-11,20H;/q;;+2/p-2. The van der Waals surface area contributed by atoms with Crippen molar-refractivity contribution in [2.24, 2.45) is 9.98 Å². The van der Waals surface area contributed by atoms with Crippen LogP contribution in [0.15, 0.2) is 140 Å². The van der Waals surface area contributed by atoms with Gasteiger partial charge in [0.1, 0.15) is 0 Å². The molecule has 205 valence electrons. The molecule has 41 heavy (non-hydrogen) atoms. The number of hydrogen-bond acceptors (Lipinski definition) is 4. The van der Waals surface area contributed by atoms with Crippen LogP contribution >= 0.6 is 31.9 Å². The zero-order chi connectivity index (χ0) is 27.9. The molecule has 0 spiro atoms. The van der Waals surface area contributed by atoms with Crippen LogP contribution in [-0.4, -0.2) is 12.4 Å². The molecule has 0 aromatic heterocycles. The molecule has 0 N–H and O–H groups in total. The maximum atomic E-state index is 11.7. The molecule has 0 amide bonds. The Morgan fingerprint density at radius 2 is 0.878 bits per heavy atom. The van der Waals surface area contributed by atoms with Crippen molar-refractivity contribution in [2.45, 2.75) is 0 Å². The van der Waals surface area contributed by atoms with E-state index in [1.807, 2.05) is 84.9 Å². The Morgan fingerprint density at radius 3 is 1.32 bits per heavy atom. The van der Waals surface area contributed by atoms with E-state index in [4.69, 9.17) is 0 Å². The molecular formula is C34H22Br2CuN2O2. The molecule has 0 heterocycles. The van der Waals surface area contributed by atoms with Crippen molar-refractivity contribution in [1.29, 1.82) is 0 Å². The summed E-state index contributed by atoms with van der Waals surface area (Å²) >= 11 is 6.72. The molecule has 0 unspecified atom stereocenters. The number of benzene rings is 6. The molecule has 0 aliphatic carbocycles. The van der Waals surface area contributed by atoms with E-state index >= 15 is 0 Å². The summed E-state index contributed by atoms with van der Waals surface area (Å²) < 4.78 is 1.74. The number of hydrogen-bond donors (Lipinski definition) is 0. The summed E-state index contributed by atoms with van der Waals surface area (Å²) in [7, 11) is 0. The number of aliphatic imine (C=N–C) groups is 2. The number of rotatable bonds is 4. The van der Waals surface area contributed by atoms with E-state index in [0.29, 0.717) is 11.1 Å². The van der Waals surface area contributed by atoms with Gasteiger partial charge >= 0.3 is 17.1 Å². The van der Waals surface area contributed by atoms with Crippen molar-refractivity contribution >= 4 is 77.2 Å². The summed E-state index contributed by atoms with van der Waals surface area (Å²) in [5.41, 5.74) is 2.88. The summed E-state index contributed by atoms with van der Waals surface area (Å²) in [5, 5.41) is 27.9. The van der Waals surface area contributed by atoms with Crippen LogP contribution in [0.4, 0.5) is 11.4 Å². The van der Waals surface area contributed by atoms with Crippen LogP contribution in [0.5, 0.6) is 11.5 Å². The van der Waals surface area contributed by atoms with E-state index in [0.717, 1.165) is 41.9 Å². The first-order valence-electron chi connectivity index (χ1n) is 12.4. The minimum Gasteiger partial charge on any atom is -0.872 e. The first-order valence-corrected chi connectivity index (χ1v) is 14.0. The molecule has 6 aromatic carbocycles. The molecule has 1 radical (unpaired) electrons. The van der Waals surface area contributed by atoms with Gasteiger partial charge in [0.15, 0.2) is 0 Å². The maximum absolute atomic E-state index is 11.7. The quantitative estimate of drug-likeness (QED) is 0.135. The average Bonchev–Trinajstić information content (AvgIpc) is 2.98. The van der Waals surface area contributed by atoms with Crippen LogP contribution in [0.1, 0.15) is 11.1 Å². The van der Waals surface area contributed by atoms with Gasteiger partial charge in [-0.1, -0.05) is 128 Å². The molecule has 6 rings (SSSR count). The van der Waals surface area contributed by atoms with Gasteiger partial charge in [0.2, 0.25) is 0 Å². The molecule has 4 nitrogen and oxygen atoms in total. The predicted molar refractivity (Wildman–Crippen MR) is 170 cm³/mol. The van der Waals surface area contributed by atoms with Gasteiger partial charge in [-0.2, -0.15) is 0 Å². The topological polar surface area (TPSA) is 70.8 Å². The van der Waals surface area contributed by atoms with E-state index in [9.17, 15) is 10.2 Å². The normalized spacial score (nSPS) is 11.0. The third-order valence-electron chi connectivity index (χ3n) is 6.16. The SMILES string of the molecule is [Cu+2].[O-]c1ccc(Br)cc1C=Nc1cccc2ccccc12.[O-]c1ccc(Br)cc1C=Nc1cccc2ccccc12. The van der Waals surface area contributed by atoms with Crippen LogP contribution in [-0.2, 0) is 17.1 Å². The Bertz CT molecular complexity index is 1720. The van der Waals surface area contributed by atoms with Crippen molar-refractivity contribution < 1.29 is 27.3 Å². The first kappa shape index (κ1) is 30.2. The van der Waals surface area contributed by atoms with Crippen molar-refractivity contribution in [2.75, 3.05) is 0 Å². The summed E-state index contributed by atoms with van der Waals surface area (Å²) in [5.74, 6) is -0.0608. The van der Waals surface area contributed by atoms with Gasteiger partial charge in [-0.15, -0.1) is 0 Å². The largest absolute Gasteiger partial charge is 2.00 e. The van der Waals surface area contributed by atoms with E-state index in [1.165, 1.54) is 12.1 Å². The average molecular weight is 714 g/mol. The Hall–Kier alpha value is -3.74. The molecule has 7 heteroatoms. The molecule has 6 aromatic rings. The molecule has 0 saturated heterocycles. The van der Waals surface area contributed by atoms with Crippen LogP contribution < -0.4 is 10.2 Å². The fourth-order valence-electron chi connectivity index (χ4n) is 4.16. The molecule has 0 aliphatic heterocycles. The Morgan fingerprint density at radius 1 is 0.488 bits per heavy atom. The van der Waals surface area contributed by atoms with Crippen LogP contribution in [0.2, 0.25) is 0 Å². The van der Waals surface area contributed by atoms with Crippen molar-refractivity contribution in [3.63, 3.8) is 0 Å². The van der Waals surface area contributed by atoms with Gasteiger partial charge in [0.05, 0.1) is 11.4 Å². The molecule has 0 atom stereocenters. The van der Waals surface area contributed by atoms with Gasteiger partial charge in [0, 0.05) is 32.1 Å². The van der Waals surface area contributed by atoms with Gasteiger partial charge < -0.3 is 10.2 Å². The summed E-state index contributed by atoms with van der Waals surface area (Å²) in [6, 6.07) is 38.1. The molecule has 0 aliphatic rings. The zero-order valence-electron chi connectivity index (χ0n) is 21.5. The fraction of sp³-hybridized carbons (Fsp3) is 0. The third kappa shape index (κ3) is 7.72. The van der Waals surface area contributed by atoms with Crippen LogP contribution in [0, 0.1) is 0 Å². The third-order valence-corrected chi connectivity index (χ3v) is 7.15. The predicted octanol–water partition coefficient (Wildman–Crippen LogP) is 8.85. The van der Waals surface area contributed by atoms with Gasteiger partial charge in [0.25, 0.3) is 0 Å². The Kier molecular flexibility index (Phi) is 10.5. The molecular weight excluding hydrogens is 692 g/mol. The number of fused-ring (bicyclic) bond motifs is 2. The van der Waals surface area contributed by atoms with E-state index < -0.39 is 0 Å². The Balaban J connectivity index is 0.000000184. The van der Waals surface area contributed by atoms with Gasteiger partial charge in [-0.3, -0.25) is 9.98 Å². The van der Waals surface area contributed by atoms with Crippen LogP contribution in [0.3, 0.4) is 0 Å². The smallest absolute Gasteiger partial charge is 0.872 e. The van der Waals surface area contributed by atoms with E-state index in [1.54, 1.807) is 36.7 Å². The maximum Gasteiger partial charge on any atom is 2.00 e. The van der Waals surface area contributed by atoms with Gasteiger partial charge in [-0.25, -0.2) is 0 Å². The first-order chi connectivity index (χ1) is 19.5. The van der Waals surface area contributed by atoms with Gasteiger partial charge in [-0.05, 0) is 58.3 Å². The van der Waals surface area contributed by atoms with Crippen molar-refractivity contribution in [1.82, 2.24) is 0 Å². The van der Waals surface area contributed by atoms with Crippen molar-refractivity contribution in [3.8, 4) is 11.5 Å². The van der Waals surface area contributed by atoms with E-state index in [2.05, 4.69) is 41.8 Å². The minimum atomic E-state index is -0.0304. The van der Waals surface area contributed by atoms with E-state index in [-0.39, 0.29) is 28.6 Å². The zero-order valence-corrected chi connectivity index (χ0v) is 25.6. The number of nitrogens with zero attached hydrogens (tertiary/aromatic N) is 2. The second-order valence-electron chi connectivity index (χ2n) is 8.88. The summed E-state index contributed by atoms with van der Waals surface area (Å²) in [4.78, 5) is 8.92. The fourth-order valence-corrected chi connectivity index (χ4v) is 4.92. The molecule has 0 saturated carbocycles. The second kappa shape index (κ2) is 14.2. The number of halogens is 2. The second-order valence-corrected chi connectivity index (χ2v) is 10.7. The van der Waals surface area contributed by atoms with Crippen LogP contribution in [0.25, 0.3) is 21.5 Å².